The lowest BCUT2D eigenvalue weighted by atomic mass is 10.2. The summed E-state index contributed by atoms with van der Waals surface area (Å²) in [5.41, 5.74) is 0.631. The Balaban J connectivity index is 2.50. The zero-order chi connectivity index (χ0) is 11.1. The van der Waals surface area contributed by atoms with E-state index in [0.717, 1.165) is 22.9 Å². The van der Waals surface area contributed by atoms with Gasteiger partial charge in [0.15, 0.2) is 0 Å². The van der Waals surface area contributed by atoms with E-state index in [9.17, 15) is 4.79 Å². The molecule has 0 aliphatic rings. The molecule has 0 fully saturated rings. The summed E-state index contributed by atoms with van der Waals surface area (Å²) in [7, 11) is 1.66. The molecule has 0 heterocycles. The van der Waals surface area contributed by atoms with Crippen LogP contribution in [0.2, 0.25) is 0 Å². The number of carbonyl (C=O) groups excluding carboxylic acids is 1. The number of benzene rings is 1. The lowest BCUT2D eigenvalue weighted by molar-refractivity contribution is 0.112. The molecule has 0 saturated carbocycles. The second-order valence-corrected chi connectivity index (χ2v) is 3.86. The van der Waals surface area contributed by atoms with Crippen molar-refractivity contribution >= 4 is 22.2 Å². The molecule has 4 heteroatoms. The van der Waals surface area contributed by atoms with Gasteiger partial charge in [-0.1, -0.05) is 0 Å². The second-order valence-electron chi connectivity index (χ2n) is 3.00. The summed E-state index contributed by atoms with van der Waals surface area (Å²) in [4.78, 5) is 10.5. The quantitative estimate of drug-likeness (QED) is 0.590. The van der Waals surface area contributed by atoms with Gasteiger partial charge in [-0.05, 0) is 34.1 Å². The van der Waals surface area contributed by atoms with E-state index in [1.165, 1.54) is 0 Å². The third-order valence-electron chi connectivity index (χ3n) is 1.84. The van der Waals surface area contributed by atoms with Crippen LogP contribution in [0, 0.1) is 0 Å². The van der Waals surface area contributed by atoms with Crippen molar-refractivity contribution in [2.24, 2.45) is 0 Å². The van der Waals surface area contributed by atoms with Gasteiger partial charge in [0.25, 0.3) is 0 Å². The smallest absolute Gasteiger partial charge is 0.150 e. The van der Waals surface area contributed by atoms with E-state index >= 15 is 0 Å². The van der Waals surface area contributed by atoms with E-state index in [4.69, 9.17) is 9.47 Å². The molecule has 0 radical (unpaired) electrons. The van der Waals surface area contributed by atoms with Crippen molar-refractivity contribution < 1.29 is 14.3 Å². The Kier molecular flexibility index (Phi) is 5.36. The highest BCUT2D eigenvalue weighted by atomic mass is 79.9. The number of ether oxygens (including phenoxy) is 2. The van der Waals surface area contributed by atoms with Crippen LogP contribution >= 0.6 is 15.9 Å². The summed E-state index contributed by atoms with van der Waals surface area (Å²) in [5, 5.41) is 0. The summed E-state index contributed by atoms with van der Waals surface area (Å²) in [6, 6.07) is 5.24. The lowest BCUT2D eigenvalue weighted by Crippen LogP contribution is -2.01. The predicted molar refractivity (Wildman–Crippen MR) is 61.5 cm³/mol. The molecule has 1 aromatic carbocycles. The largest absolute Gasteiger partial charge is 0.492 e. The van der Waals surface area contributed by atoms with Crippen molar-refractivity contribution in [1.29, 1.82) is 0 Å². The molecule has 3 nitrogen and oxygen atoms in total. The first-order valence-corrected chi connectivity index (χ1v) is 5.43. The monoisotopic (exact) mass is 272 g/mol. The lowest BCUT2D eigenvalue weighted by Gasteiger charge is -2.07. The minimum absolute atomic E-state index is 0.604. The predicted octanol–water partition coefficient (Wildman–Crippen LogP) is 2.68. The third kappa shape index (κ3) is 4.01. The highest BCUT2D eigenvalue weighted by Crippen LogP contribution is 2.25. The number of rotatable bonds is 6. The molecule has 0 bridgehead atoms. The van der Waals surface area contributed by atoms with Crippen LogP contribution < -0.4 is 4.74 Å². The Morgan fingerprint density at radius 1 is 1.40 bits per heavy atom. The summed E-state index contributed by atoms with van der Waals surface area (Å²) in [5.74, 6) is 0.747. The highest BCUT2D eigenvalue weighted by molar-refractivity contribution is 9.10. The first-order chi connectivity index (χ1) is 7.27. The first kappa shape index (κ1) is 12.2. The van der Waals surface area contributed by atoms with E-state index < -0.39 is 0 Å². The topological polar surface area (TPSA) is 35.5 Å². The molecule has 0 aromatic heterocycles. The van der Waals surface area contributed by atoms with Crippen molar-refractivity contribution in [2.45, 2.75) is 6.42 Å². The molecule has 1 rings (SSSR count). The van der Waals surface area contributed by atoms with E-state index in [2.05, 4.69) is 15.9 Å². The summed E-state index contributed by atoms with van der Waals surface area (Å²) >= 11 is 3.34. The van der Waals surface area contributed by atoms with Gasteiger partial charge in [0.1, 0.15) is 12.0 Å². The normalized spacial score (nSPS) is 10.0. The SMILES string of the molecule is COCCCOc1ccc(C=O)cc1Br. The second kappa shape index (κ2) is 6.58. The molecule has 15 heavy (non-hydrogen) atoms. The zero-order valence-corrected chi connectivity index (χ0v) is 10.1. The van der Waals surface area contributed by atoms with Gasteiger partial charge in [-0.3, -0.25) is 4.79 Å². The van der Waals surface area contributed by atoms with Crippen LogP contribution in [0.3, 0.4) is 0 Å². The van der Waals surface area contributed by atoms with Crippen molar-refractivity contribution in [2.75, 3.05) is 20.3 Å². The van der Waals surface area contributed by atoms with Crippen LogP contribution in [-0.2, 0) is 4.74 Å². The molecule has 0 unspecified atom stereocenters. The van der Waals surface area contributed by atoms with Gasteiger partial charge in [-0.15, -0.1) is 0 Å². The van der Waals surface area contributed by atoms with Gasteiger partial charge < -0.3 is 9.47 Å². The summed E-state index contributed by atoms with van der Waals surface area (Å²) in [6.07, 6.45) is 1.65. The standard InChI is InChI=1S/C11H13BrO3/c1-14-5-2-6-15-11-4-3-9(8-13)7-10(11)12/h3-4,7-8H,2,5-6H2,1H3. The molecule has 0 atom stereocenters. The van der Waals surface area contributed by atoms with Crippen LogP contribution in [0.15, 0.2) is 22.7 Å². The number of hydrogen-bond donors (Lipinski definition) is 0. The maximum atomic E-state index is 10.5. The Hall–Kier alpha value is -0.870. The Labute approximate surface area is 97.5 Å². The molecular formula is C11H13BrO3. The number of halogens is 1. The average Bonchev–Trinajstić information content (AvgIpc) is 2.26. The van der Waals surface area contributed by atoms with Gasteiger partial charge in [-0.25, -0.2) is 0 Å². The molecule has 0 aliphatic heterocycles. The van der Waals surface area contributed by atoms with E-state index in [-0.39, 0.29) is 0 Å². The Morgan fingerprint density at radius 3 is 2.80 bits per heavy atom. The van der Waals surface area contributed by atoms with Crippen LogP contribution in [-0.4, -0.2) is 26.6 Å². The van der Waals surface area contributed by atoms with E-state index in [1.807, 2.05) is 0 Å². The minimum atomic E-state index is 0.604. The van der Waals surface area contributed by atoms with E-state index in [1.54, 1.807) is 25.3 Å². The molecule has 82 valence electrons. The van der Waals surface area contributed by atoms with Gasteiger partial charge >= 0.3 is 0 Å². The summed E-state index contributed by atoms with van der Waals surface area (Å²) in [6.45, 7) is 1.29. The fourth-order valence-electron chi connectivity index (χ4n) is 1.09. The van der Waals surface area contributed by atoms with Crippen LogP contribution in [0.4, 0.5) is 0 Å². The van der Waals surface area contributed by atoms with Crippen molar-refractivity contribution in [3.8, 4) is 5.75 Å². The minimum Gasteiger partial charge on any atom is -0.492 e. The van der Waals surface area contributed by atoms with Gasteiger partial charge in [-0.2, -0.15) is 0 Å². The maximum absolute atomic E-state index is 10.5. The van der Waals surface area contributed by atoms with Gasteiger partial charge in [0.05, 0.1) is 11.1 Å². The summed E-state index contributed by atoms with van der Waals surface area (Å²) < 4.78 is 11.2. The number of methoxy groups -OCH3 is 1. The highest BCUT2D eigenvalue weighted by Gasteiger charge is 2.01. The molecule has 1 aromatic rings. The zero-order valence-electron chi connectivity index (χ0n) is 8.53. The fraction of sp³-hybridized carbons (Fsp3) is 0.364. The molecule has 0 amide bonds. The average molecular weight is 273 g/mol. The molecule has 0 spiro atoms. The van der Waals surface area contributed by atoms with Crippen molar-refractivity contribution in [3.05, 3.63) is 28.2 Å². The molecule has 0 aliphatic carbocycles. The van der Waals surface area contributed by atoms with Gasteiger partial charge in [0, 0.05) is 25.7 Å². The first-order valence-electron chi connectivity index (χ1n) is 4.64. The number of aldehydes is 1. The molecular weight excluding hydrogens is 260 g/mol. The Bertz CT molecular complexity index is 326. The molecule has 0 N–H and O–H groups in total. The fourth-order valence-corrected chi connectivity index (χ4v) is 1.60. The Morgan fingerprint density at radius 2 is 2.20 bits per heavy atom. The third-order valence-corrected chi connectivity index (χ3v) is 2.46. The molecule has 0 saturated heterocycles. The van der Waals surface area contributed by atoms with Crippen molar-refractivity contribution in [1.82, 2.24) is 0 Å². The van der Waals surface area contributed by atoms with Crippen LogP contribution in [0.5, 0.6) is 5.75 Å². The van der Waals surface area contributed by atoms with Crippen LogP contribution in [0.25, 0.3) is 0 Å². The maximum Gasteiger partial charge on any atom is 0.150 e. The van der Waals surface area contributed by atoms with Gasteiger partial charge in [0.2, 0.25) is 0 Å². The van der Waals surface area contributed by atoms with Crippen molar-refractivity contribution in [3.63, 3.8) is 0 Å². The van der Waals surface area contributed by atoms with E-state index in [0.29, 0.717) is 18.8 Å². The van der Waals surface area contributed by atoms with Crippen LogP contribution in [0.1, 0.15) is 16.8 Å². The number of carbonyl (C=O) groups is 1. The number of hydrogen-bond acceptors (Lipinski definition) is 3.